The van der Waals surface area contributed by atoms with E-state index in [2.05, 4.69) is 10.2 Å². The highest BCUT2D eigenvalue weighted by molar-refractivity contribution is 6.31. The second kappa shape index (κ2) is 7.61. The van der Waals surface area contributed by atoms with Crippen LogP contribution in [0.1, 0.15) is 16.8 Å². The fraction of sp³-hybridized carbons (Fsp3) is 0.0455. The Morgan fingerprint density at radius 2 is 1.11 bits per heavy atom. The Kier molecular flexibility index (Phi) is 5.17. The minimum Gasteiger partial charge on any atom is -0.374 e. The van der Waals surface area contributed by atoms with Crippen LogP contribution in [0.2, 0.25) is 15.1 Å². The van der Waals surface area contributed by atoms with Crippen molar-refractivity contribution >= 4 is 34.8 Å². The van der Waals surface area contributed by atoms with Crippen LogP contribution in [0.15, 0.2) is 79.0 Å². The third-order valence-corrected chi connectivity index (χ3v) is 5.44. The van der Waals surface area contributed by atoms with Gasteiger partial charge < -0.3 is 5.11 Å². The van der Waals surface area contributed by atoms with Crippen LogP contribution < -0.4 is 0 Å². The Morgan fingerprint density at radius 3 is 1.57 bits per heavy atom. The zero-order valence-corrected chi connectivity index (χ0v) is 16.8. The summed E-state index contributed by atoms with van der Waals surface area (Å²) in [6, 6.07) is 21.5. The Hall–Kier alpha value is -2.30. The fourth-order valence-electron chi connectivity index (χ4n) is 3.25. The maximum atomic E-state index is 12.0. The smallest absolute Gasteiger partial charge is 0.157 e. The molecule has 0 aliphatic heterocycles. The summed E-state index contributed by atoms with van der Waals surface area (Å²) in [5, 5.41) is 21.0. The molecule has 3 aromatic carbocycles. The van der Waals surface area contributed by atoms with E-state index >= 15 is 0 Å². The number of benzene rings is 3. The standard InChI is InChI=1S/C22H15Cl3N2O/c23-17-7-1-14(2-8-17)20-13-26-27-21(20)22(28,15-3-9-18(24)10-4-15)16-5-11-19(25)12-6-16/h1-13,28H,(H,26,27). The number of nitrogens with zero attached hydrogens (tertiary/aromatic N) is 1. The summed E-state index contributed by atoms with van der Waals surface area (Å²) in [6.45, 7) is 0. The van der Waals surface area contributed by atoms with Gasteiger partial charge in [0.1, 0.15) is 0 Å². The largest absolute Gasteiger partial charge is 0.374 e. The van der Waals surface area contributed by atoms with E-state index in [1.807, 2.05) is 12.1 Å². The second-order valence-electron chi connectivity index (χ2n) is 6.39. The van der Waals surface area contributed by atoms with Crippen molar-refractivity contribution in [2.24, 2.45) is 0 Å². The molecule has 0 fully saturated rings. The number of hydrogen-bond acceptors (Lipinski definition) is 2. The van der Waals surface area contributed by atoms with Crippen molar-refractivity contribution in [3.63, 3.8) is 0 Å². The molecular formula is C22H15Cl3N2O. The second-order valence-corrected chi connectivity index (χ2v) is 7.70. The molecule has 2 N–H and O–H groups in total. The van der Waals surface area contributed by atoms with Gasteiger partial charge in [-0.2, -0.15) is 5.10 Å². The van der Waals surface area contributed by atoms with Gasteiger partial charge in [-0.25, -0.2) is 0 Å². The van der Waals surface area contributed by atoms with Crippen molar-refractivity contribution in [2.45, 2.75) is 5.60 Å². The predicted octanol–water partition coefficient (Wildman–Crippen LogP) is 6.32. The first-order chi connectivity index (χ1) is 13.5. The van der Waals surface area contributed by atoms with E-state index in [4.69, 9.17) is 34.8 Å². The summed E-state index contributed by atoms with van der Waals surface area (Å²) in [5.74, 6) is 0. The van der Waals surface area contributed by atoms with Gasteiger partial charge >= 0.3 is 0 Å². The average molecular weight is 430 g/mol. The Balaban J connectivity index is 1.95. The molecule has 0 saturated carbocycles. The van der Waals surface area contributed by atoms with Gasteiger partial charge in [-0.1, -0.05) is 71.2 Å². The SMILES string of the molecule is OC(c1ccc(Cl)cc1)(c1ccc(Cl)cc1)c1[nH]ncc1-c1ccc(Cl)cc1. The molecule has 6 heteroatoms. The Bertz CT molecular complexity index is 1040. The molecule has 1 aromatic heterocycles. The molecule has 4 aromatic rings. The van der Waals surface area contributed by atoms with Gasteiger partial charge in [-0.3, -0.25) is 5.10 Å². The summed E-state index contributed by atoms with van der Waals surface area (Å²) < 4.78 is 0. The van der Waals surface area contributed by atoms with E-state index < -0.39 is 5.60 Å². The highest BCUT2D eigenvalue weighted by Crippen LogP contribution is 2.41. The molecule has 0 atom stereocenters. The number of hydrogen-bond donors (Lipinski definition) is 2. The number of nitrogens with one attached hydrogen (secondary N) is 1. The molecule has 0 unspecified atom stereocenters. The van der Waals surface area contributed by atoms with Gasteiger partial charge in [0.15, 0.2) is 5.60 Å². The van der Waals surface area contributed by atoms with Crippen molar-refractivity contribution < 1.29 is 5.11 Å². The highest BCUT2D eigenvalue weighted by Gasteiger charge is 2.37. The quantitative estimate of drug-likeness (QED) is 0.399. The van der Waals surface area contributed by atoms with Crippen LogP contribution in [-0.2, 0) is 5.60 Å². The van der Waals surface area contributed by atoms with Gasteiger partial charge in [0.25, 0.3) is 0 Å². The number of aliphatic hydroxyl groups is 1. The molecule has 4 rings (SSSR count). The van der Waals surface area contributed by atoms with Crippen LogP contribution in [-0.4, -0.2) is 15.3 Å². The molecule has 0 aliphatic carbocycles. The molecule has 0 radical (unpaired) electrons. The van der Waals surface area contributed by atoms with Crippen molar-refractivity contribution in [1.82, 2.24) is 10.2 Å². The van der Waals surface area contributed by atoms with Crippen molar-refractivity contribution in [3.05, 3.63) is 111 Å². The summed E-state index contributed by atoms with van der Waals surface area (Å²) in [4.78, 5) is 0. The summed E-state index contributed by atoms with van der Waals surface area (Å²) in [5.41, 5.74) is 2.01. The van der Waals surface area contributed by atoms with Crippen molar-refractivity contribution in [3.8, 4) is 11.1 Å². The van der Waals surface area contributed by atoms with Crippen LogP contribution in [0.25, 0.3) is 11.1 Å². The van der Waals surface area contributed by atoms with E-state index in [0.29, 0.717) is 31.9 Å². The normalized spacial score (nSPS) is 11.6. The van der Waals surface area contributed by atoms with E-state index in [-0.39, 0.29) is 0 Å². The van der Waals surface area contributed by atoms with Crippen molar-refractivity contribution in [2.75, 3.05) is 0 Å². The summed E-state index contributed by atoms with van der Waals surface area (Å²) in [7, 11) is 0. The van der Waals surface area contributed by atoms with Crippen molar-refractivity contribution in [1.29, 1.82) is 0 Å². The number of aromatic amines is 1. The van der Waals surface area contributed by atoms with Crippen LogP contribution in [0.5, 0.6) is 0 Å². The molecule has 0 aliphatic rings. The maximum absolute atomic E-state index is 12.0. The number of aromatic nitrogens is 2. The monoisotopic (exact) mass is 428 g/mol. The van der Waals surface area contributed by atoms with E-state index in [1.165, 1.54) is 0 Å². The Labute approximate surface area is 177 Å². The lowest BCUT2D eigenvalue weighted by Crippen LogP contribution is -2.30. The molecule has 0 spiro atoms. The maximum Gasteiger partial charge on any atom is 0.157 e. The third-order valence-electron chi connectivity index (χ3n) is 4.68. The summed E-state index contributed by atoms with van der Waals surface area (Å²) >= 11 is 18.2. The van der Waals surface area contributed by atoms with Gasteiger partial charge in [0.05, 0.1) is 11.9 Å². The van der Waals surface area contributed by atoms with Crippen LogP contribution in [0.3, 0.4) is 0 Å². The predicted molar refractivity (Wildman–Crippen MR) is 114 cm³/mol. The Morgan fingerprint density at radius 1 is 0.679 bits per heavy atom. The lowest BCUT2D eigenvalue weighted by Gasteiger charge is -2.29. The fourth-order valence-corrected chi connectivity index (χ4v) is 3.63. The van der Waals surface area contributed by atoms with E-state index in [1.54, 1.807) is 66.9 Å². The lowest BCUT2D eigenvalue weighted by molar-refractivity contribution is 0.121. The van der Waals surface area contributed by atoms with Gasteiger partial charge in [-0.15, -0.1) is 0 Å². The third kappa shape index (κ3) is 3.43. The molecule has 1 heterocycles. The average Bonchev–Trinajstić information content (AvgIpc) is 3.19. The molecule has 3 nitrogen and oxygen atoms in total. The molecule has 28 heavy (non-hydrogen) atoms. The molecule has 0 saturated heterocycles. The minimum atomic E-state index is -1.49. The van der Waals surface area contributed by atoms with Gasteiger partial charge in [-0.05, 0) is 53.1 Å². The number of halogens is 3. The van der Waals surface area contributed by atoms with E-state index in [0.717, 1.165) is 11.1 Å². The molecule has 0 amide bonds. The first-order valence-corrected chi connectivity index (χ1v) is 9.66. The zero-order valence-electron chi connectivity index (χ0n) is 14.5. The molecule has 0 bridgehead atoms. The van der Waals surface area contributed by atoms with E-state index in [9.17, 15) is 5.11 Å². The molecule has 140 valence electrons. The first kappa shape index (κ1) is 19.0. The lowest BCUT2D eigenvalue weighted by atomic mass is 9.81. The molecular weight excluding hydrogens is 415 g/mol. The number of rotatable bonds is 4. The van der Waals surface area contributed by atoms with Gasteiger partial charge in [0, 0.05) is 20.6 Å². The minimum absolute atomic E-state index is 0.541. The first-order valence-electron chi connectivity index (χ1n) is 8.53. The highest BCUT2D eigenvalue weighted by atomic mass is 35.5. The van der Waals surface area contributed by atoms with Crippen LogP contribution in [0.4, 0.5) is 0 Å². The van der Waals surface area contributed by atoms with Crippen LogP contribution in [0, 0.1) is 0 Å². The topological polar surface area (TPSA) is 48.9 Å². The summed E-state index contributed by atoms with van der Waals surface area (Å²) in [6.07, 6.45) is 1.69. The number of H-pyrrole nitrogens is 1. The van der Waals surface area contributed by atoms with Gasteiger partial charge in [0.2, 0.25) is 0 Å². The zero-order chi connectivity index (χ0) is 19.7. The van der Waals surface area contributed by atoms with Crippen LogP contribution >= 0.6 is 34.8 Å².